The van der Waals surface area contributed by atoms with Crippen LogP contribution in [-0.4, -0.2) is 184 Å². The van der Waals surface area contributed by atoms with Crippen molar-refractivity contribution in [1.82, 2.24) is 69.1 Å². The number of benzene rings is 4. The van der Waals surface area contributed by atoms with Crippen molar-refractivity contribution in [3.05, 3.63) is 120 Å². The van der Waals surface area contributed by atoms with E-state index in [1.54, 1.807) is 98.7 Å². The maximum absolute atomic E-state index is 12.2. The second kappa shape index (κ2) is 26.1. The van der Waals surface area contributed by atoms with E-state index in [1.165, 1.54) is 10.6 Å². The zero-order chi connectivity index (χ0) is 59.9. The highest BCUT2D eigenvalue weighted by molar-refractivity contribution is 6.62. The van der Waals surface area contributed by atoms with Crippen LogP contribution in [0, 0.1) is 0 Å². The zero-order valence-electron chi connectivity index (χ0n) is 47.8. The highest BCUT2D eigenvalue weighted by Crippen LogP contribution is 2.43. The van der Waals surface area contributed by atoms with Crippen LogP contribution in [0.3, 0.4) is 0 Å². The number of hydrogen-bond acceptors (Lipinski definition) is 19. The highest BCUT2D eigenvalue weighted by atomic mass is 35.5. The summed E-state index contributed by atoms with van der Waals surface area (Å²) in [6, 6.07) is 27.5. The Morgan fingerprint density at radius 3 is 1.35 bits per heavy atom. The van der Waals surface area contributed by atoms with Crippen molar-refractivity contribution in [3.8, 4) is 45.3 Å². The molecular formula is C58H61Cl3N18O6. The molecule has 3 N–H and O–H groups in total. The second-order valence-electron chi connectivity index (χ2n) is 19.9. The molecule has 2 fully saturated rings. The first-order valence-corrected chi connectivity index (χ1v) is 27.9. The second-order valence-corrected chi connectivity index (χ2v) is 21.0. The Bertz CT molecular complexity index is 4020. The Labute approximate surface area is 504 Å². The SMILES string of the molecule is CN(C)C(=O)Cl.COc1cc(OC)c(Cl)c(-c2cc3cnc(Nc4ccc(N5CCN(C(=O)N(C)C)CC5)cc4)nc3n3cnnc23)c1.COc1cc(OC)c(Cl)c(-c2cc3cnc(Nc4ccc(N5CCNCC5)cc4)nc3n3cnnc23)c1. The van der Waals surface area contributed by atoms with Crippen LogP contribution in [0.1, 0.15) is 0 Å². The minimum atomic E-state index is -0.435. The van der Waals surface area contributed by atoms with E-state index in [-0.39, 0.29) is 6.03 Å². The largest absolute Gasteiger partial charge is 0.497 e. The molecule has 0 radical (unpaired) electrons. The van der Waals surface area contributed by atoms with Gasteiger partial charge in [0.1, 0.15) is 35.7 Å². The number of methoxy groups -OCH3 is 4. The first kappa shape index (κ1) is 58.9. The monoisotopic (exact) mass is 1210 g/mol. The number of rotatable bonds is 12. The van der Waals surface area contributed by atoms with Gasteiger partial charge in [-0.2, -0.15) is 9.97 Å². The molecular weight excluding hydrogens is 1150 g/mol. The lowest BCUT2D eigenvalue weighted by molar-refractivity contribution is 0.168. The number of fused-ring (bicyclic) bond motifs is 6. The van der Waals surface area contributed by atoms with Gasteiger partial charge in [0.05, 0.1) is 38.5 Å². The number of anilines is 6. The molecule has 24 nitrogen and oxygen atoms in total. The smallest absolute Gasteiger partial charge is 0.319 e. The normalized spacial score (nSPS) is 13.2. The minimum Gasteiger partial charge on any atom is -0.497 e. The summed E-state index contributed by atoms with van der Waals surface area (Å²) in [7, 11) is 13.1. The molecule has 27 heteroatoms. The summed E-state index contributed by atoms with van der Waals surface area (Å²) < 4.78 is 25.5. The molecule has 85 heavy (non-hydrogen) atoms. The zero-order valence-corrected chi connectivity index (χ0v) is 50.1. The van der Waals surface area contributed by atoms with Gasteiger partial charge >= 0.3 is 11.4 Å². The minimum absolute atomic E-state index is 0.0499. The molecule has 0 unspecified atom stereocenters. The standard InChI is InChI=1S/C29H30ClN9O3.C26H25ClN8O2.C3H6ClNO/c1-36(2)29(40)38-11-9-37(10-12-38)20-7-5-19(6-8-20)33-28-31-16-18-13-23(27-35-32-17-39(27)26(18)34-28)22-14-21(41-3)15-24(42-4)25(22)30;1-36-19-12-20(23(27)22(13-19)37-2)21-11-16-14-29-26(32-24(16)35-15-30-33-25(21)35)31-17-3-5-18(6-4-17)34-9-7-28-8-10-34;1-5(2)3(4)6/h5-8,13-17H,9-12H2,1-4H3,(H,31,33,34);3-6,11-15,28H,7-10H2,1-2H3,(H,29,31,32);1-2H3. The maximum atomic E-state index is 12.2. The lowest BCUT2D eigenvalue weighted by Crippen LogP contribution is -2.51. The lowest BCUT2D eigenvalue weighted by atomic mass is 10.0. The molecule has 0 aliphatic carbocycles. The molecule has 2 aliphatic rings. The molecule has 0 saturated carbocycles. The number of halogens is 3. The summed E-state index contributed by atoms with van der Waals surface area (Å²) in [6.07, 6.45) is 6.77. The predicted octanol–water partition coefficient (Wildman–Crippen LogP) is 9.63. The number of carbonyl (C=O) groups excluding carboxylic acids is 2. The van der Waals surface area contributed by atoms with Crippen molar-refractivity contribution in [1.29, 1.82) is 0 Å². The highest BCUT2D eigenvalue weighted by Gasteiger charge is 2.24. The van der Waals surface area contributed by atoms with Gasteiger partial charge < -0.3 is 59.4 Å². The van der Waals surface area contributed by atoms with Crippen LogP contribution < -0.4 is 44.7 Å². The molecule has 4 aromatic carbocycles. The van der Waals surface area contributed by atoms with Crippen LogP contribution in [0.4, 0.5) is 44.2 Å². The molecule has 440 valence electrons. The fourth-order valence-corrected chi connectivity index (χ4v) is 10.2. The van der Waals surface area contributed by atoms with E-state index in [4.69, 9.17) is 63.7 Å². The topological polar surface area (TPSA) is 235 Å². The molecule has 0 bridgehead atoms. The average Bonchev–Trinajstić information content (AvgIpc) is 2.13. The Morgan fingerprint density at radius 1 is 0.541 bits per heavy atom. The molecule has 10 aromatic rings. The van der Waals surface area contributed by atoms with E-state index in [2.05, 4.69) is 80.4 Å². The number of amides is 3. The summed E-state index contributed by atoms with van der Waals surface area (Å²) in [5.74, 6) is 3.14. The van der Waals surface area contributed by atoms with Gasteiger partial charge in [-0.3, -0.25) is 13.6 Å². The van der Waals surface area contributed by atoms with E-state index in [0.717, 1.165) is 78.2 Å². The molecule has 6 aromatic heterocycles. The van der Waals surface area contributed by atoms with Crippen molar-refractivity contribution in [2.45, 2.75) is 0 Å². The predicted molar refractivity (Wildman–Crippen MR) is 332 cm³/mol. The van der Waals surface area contributed by atoms with Crippen LogP contribution in [0.2, 0.25) is 10.0 Å². The number of aromatic nitrogens is 10. The molecule has 2 saturated heterocycles. The summed E-state index contributed by atoms with van der Waals surface area (Å²) in [4.78, 5) is 50.2. The first-order chi connectivity index (χ1) is 41.1. The van der Waals surface area contributed by atoms with Crippen LogP contribution in [0.5, 0.6) is 23.0 Å². The number of urea groups is 1. The van der Waals surface area contributed by atoms with E-state index in [0.29, 0.717) is 91.7 Å². The van der Waals surface area contributed by atoms with E-state index >= 15 is 0 Å². The van der Waals surface area contributed by atoms with E-state index in [9.17, 15) is 9.59 Å². The Hall–Kier alpha value is -9.23. The molecule has 12 rings (SSSR count). The van der Waals surface area contributed by atoms with Gasteiger partial charge in [-0.1, -0.05) is 23.2 Å². The summed E-state index contributed by atoms with van der Waals surface area (Å²) in [6.45, 7) is 6.97. The van der Waals surface area contributed by atoms with Gasteiger partial charge in [-0.05, 0) is 84.4 Å². The van der Waals surface area contributed by atoms with Crippen LogP contribution in [0.15, 0.2) is 110 Å². The number of hydrogen-bond donors (Lipinski definition) is 3. The van der Waals surface area contributed by atoms with Crippen molar-refractivity contribution in [2.75, 3.05) is 129 Å². The Kier molecular flexibility index (Phi) is 18.1. The quantitative estimate of drug-likeness (QED) is 0.0762. The fourth-order valence-electron chi connectivity index (χ4n) is 9.66. The Morgan fingerprint density at radius 2 is 0.965 bits per heavy atom. The van der Waals surface area contributed by atoms with Crippen LogP contribution in [-0.2, 0) is 0 Å². The van der Waals surface area contributed by atoms with Crippen molar-refractivity contribution in [2.24, 2.45) is 0 Å². The van der Waals surface area contributed by atoms with Gasteiger partial charge in [-0.15, -0.1) is 20.4 Å². The third kappa shape index (κ3) is 13.0. The number of nitrogens with one attached hydrogen (secondary N) is 3. The fraction of sp³-hybridized carbons (Fsp3) is 0.276. The molecule has 8 heterocycles. The van der Waals surface area contributed by atoms with Crippen molar-refractivity contribution < 1.29 is 28.5 Å². The molecule has 2 aliphatic heterocycles. The van der Waals surface area contributed by atoms with Crippen molar-refractivity contribution in [3.63, 3.8) is 0 Å². The van der Waals surface area contributed by atoms with E-state index < -0.39 is 5.37 Å². The number of pyridine rings is 2. The van der Waals surface area contributed by atoms with Gasteiger partial charge in [0.25, 0.3) is 0 Å². The summed E-state index contributed by atoms with van der Waals surface area (Å²) in [5.41, 5.74) is 9.49. The number of ether oxygens (including phenoxy) is 4. The number of piperazine rings is 2. The third-order valence-electron chi connectivity index (χ3n) is 14.1. The van der Waals surface area contributed by atoms with Crippen molar-refractivity contribution >= 4 is 114 Å². The van der Waals surface area contributed by atoms with Crippen LogP contribution >= 0.6 is 34.8 Å². The van der Waals surface area contributed by atoms with E-state index in [1.807, 2.05) is 62.2 Å². The summed E-state index contributed by atoms with van der Waals surface area (Å²) in [5, 5.41) is 29.0. The summed E-state index contributed by atoms with van der Waals surface area (Å²) >= 11 is 18.3. The van der Waals surface area contributed by atoms with Gasteiger partial charge in [0.2, 0.25) is 11.9 Å². The van der Waals surface area contributed by atoms with Gasteiger partial charge in [0.15, 0.2) is 22.6 Å². The third-order valence-corrected chi connectivity index (χ3v) is 15.2. The van der Waals surface area contributed by atoms with Crippen LogP contribution in [0.25, 0.3) is 55.6 Å². The average molecular weight is 1210 g/mol. The molecule has 0 spiro atoms. The first-order valence-electron chi connectivity index (χ1n) is 26.8. The molecule has 0 atom stereocenters. The van der Waals surface area contributed by atoms with Gasteiger partial charge in [-0.25, -0.2) is 14.8 Å². The Balaban J connectivity index is 0.000000174. The molecule has 3 amide bonds. The number of nitrogens with zero attached hydrogens (tertiary/aromatic N) is 15. The lowest BCUT2D eigenvalue weighted by Gasteiger charge is -2.37. The van der Waals surface area contributed by atoms with Gasteiger partial charge in [0, 0.05) is 161 Å². The number of carbonyl (C=O) groups is 2. The maximum Gasteiger partial charge on any atom is 0.319 e.